The minimum atomic E-state index is 0.110. The first-order valence-electron chi connectivity index (χ1n) is 5.42. The lowest BCUT2D eigenvalue weighted by molar-refractivity contribution is 0.318. The molecule has 18 heavy (non-hydrogen) atoms. The second kappa shape index (κ2) is 5.18. The van der Waals surface area contributed by atoms with E-state index >= 15 is 0 Å². The van der Waals surface area contributed by atoms with E-state index in [1.165, 1.54) is 11.8 Å². The third-order valence-electron chi connectivity index (χ3n) is 2.55. The van der Waals surface area contributed by atoms with Gasteiger partial charge in [0, 0.05) is 10.5 Å². The van der Waals surface area contributed by atoms with E-state index in [1.54, 1.807) is 6.26 Å². The van der Waals surface area contributed by atoms with Crippen LogP contribution in [0, 0.1) is 13.8 Å². The van der Waals surface area contributed by atoms with Crippen molar-refractivity contribution in [3.05, 3.63) is 47.4 Å². The number of oxime groups is 1. The molecule has 1 heterocycles. The zero-order chi connectivity index (χ0) is 13.1. The van der Waals surface area contributed by atoms with Crippen molar-refractivity contribution in [2.24, 2.45) is 10.9 Å². The Morgan fingerprint density at radius 3 is 2.67 bits per heavy atom. The van der Waals surface area contributed by atoms with Gasteiger partial charge in [0.1, 0.15) is 5.76 Å². The Bertz CT molecular complexity index is 590. The standard InChI is InChI=1S/C13H14N2O2S/c1-8-3-4-10(13(14)15-16)12(7-8)18-11-5-6-17-9(11)2/h3-7,16H,1-2H3,(H2,14,15). The van der Waals surface area contributed by atoms with Crippen LogP contribution in [0.5, 0.6) is 0 Å². The number of benzene rings is 1. The van der Waals surface area contributed by atoms with Crippen LogP contribution in [-0.4, -0.2) is 11.0 Å². The number of rotatable bonds is 3. The highest BCUT2D eigenvalue weighted by Gasteiger charge is 2.11. The molecule has 0 unspecified atom stereocenters. The Labute approximate surface area is 109 Å². The van der Waals surface area contributed by atoms with Gasteiger partial charge in [-0.15, -0.1) is 0 Å². The van der Waals surface area contributed by atoms with Gasteiger partial charge in [-0.05, 0) is 37.6 Å². The summed E-state index contributed by atoms with van der Waals surface area (Å²) in [5, 5.41) is 11.9. The van der Waals surface area contributed by atoms with Crippen molar-refractivity contribution < 1.29 is 9.62 Å². The zero-order valence-corrected chi connectivity index (χ0v) is 11.0. The van der Waals surface area contributed by atoms with Crippen molar-refractivity contribution in [2.75, 3.05) is 0 Å². The van der Waals surface area contributed by atoms with Crippen molar-refractivity contribution in [3.63, 3.8) is 0 Å². The van der Waals surface area contributed by atoms with E-state index in [9.17, 15) is 0 Å². The maximum atomic E-state index is 8.80. The number of hydrogen-bond donors (Lipinski definition) is 2. The Kier molecular flexibility index (Phi) is 3.62. The molecule has 94 valence electrons. The Morgan fingerprint density at radius 1 is 1.28 bits per heavy atom. The Balaban J connectivity index is 2.43. The van der Waals surface area contributed by atoms with Gasteiger partial charge < -0.3 is 15.4 Å². The largest absolute Gasteiger partial charge is 0.468 e. The van der Waals surface area contributed by atoms with E-state index in [1.807, 2.05) is 38.1 Å². The molecule has 0 amide bonds. The lowest BCUT2D eigenvalue weighted by Gasteiger charge is -2.08. The molecule has 0 bridgehead atoms. The molecule has 5 heteroatoms. The minimum Gasteiger partial charge on any atom is -0.468 e. The van der Waals surface area contributed by atoms with Crippen molar-refractivity contribution in [1.29, 1.82) is 0 Å². The molecule has 0 saturated heterocycles. The molecule has 0 radical (unpaired) electrons. The first-order chi connectivity index (χ1) is 8.61. The first-order valence-corrected chi connectivity index (χ1v) is 6.24. The van der Waals surface area contributed by atoms with Crippen LogP contribution in [0.25, 0.3) is 0 Å². The van der Waals surface area contributed by atoms with Gasteiger partial charge in [0.25, 0.3) is 0 Å². The molecule has 2 rings (SSSR count). The van der Waals surface area contributed by atoms with Gasteiger partial charge in [-0.1, -0.05) is 23.0 Å². The summed E-state index contributed by atoms with van der Waals surface area (Å²) < 4.78 is 5.26. The number of nitrogens with two attached hydrogens (primary N) is 1. The second-order valence-corrected chi connectivity index (χ2v) is 5.01. The second-order valence-electron chi connectivity index (χ2n) is 3.93. The lowest BCUT2D eigenvalue weighted by Crippen LogP contribution is -2.14. The lowest BCUT2D eigenvalue weighted by atomic mass is 10.1. The monoisotopic (exact) mass is 262 g/mol. The predicted octanol–water partition coefficient (Wildman–Crippen LogP) is 3.14. The Morgan fingerprint density at radius 2 is 2.06 bits per heavy atom. The van der Waals surface area contributed by atoms with Gasteiger partial charge in [0.2, 0.25) is 0 Å². The van der Waals surface area contributed by atoms with Crippen LogP contribution >= 0.6 is 11.8 Å². The summed E-state index contributed by atoms with van der Waals surface area (Å²) in [6.45, 7) is 3.91. The summed E-state index contributed by atoms with van der Waals surface area (Å²) in [7, 11) is 0. The summed E-state index contributed by atoms with van der Waals surface area (Å²) in [4.78, 5) is 1.96. The van der Waals surface area contributed by atoms with Crippen molar-refractivity contribution in [1.82, 2.24) is 0 Å². The maximum absolute atomic E-state index is 8.80. The van der Waals surface area contributed by atoms with Crippen LogP contribution in [0.15, 0.2) is 49.9 Å². The molecule has 0 saturated carbocycles. The third kappa shape index (κ3) is 2.51. The van der Waals surface area contributed by atoms with Crippen molar-refractivity contribution in [2.45, 2.75) is 23.6 Å². The van der Waals surface area contributed by atoms with Crippen molar-refractivity contribution >= 4 is 17.6 Å². The van der Waals surface area contributed by atoms with Gasteiger partial charge in [-0.2, -0.15) is 0 Å². The molecule has 3 N–H and O–H groups in total. The van der Waals surface area contributed by atoms with Crippen LogP contribution in [0.3, 0.4) is 0 Å². The fraction of sp³-hybridized carbons (Fsp3) is 0.154. The average molecular weight is 262 g/mol. The van der Waals surface area contributed by atoms with Crippen LogP contribution in [0.1, 0.15) is 16.9 Å². The van der Waals surface area contributed by atoms with E-state index in [-0.39, 0.29) is 5.84 Å². The SMILES string of the molecule is Cc1ccc(/C(N)=N/O)c(Sc2ccoc2C)c1. The molecule has 2 aromatic rings. The molecule has 4 nitrogen and oxygen atoms in total. The smallest absolute Gasteiger partial charge is 0.171 e. The number of nitrogens with zero attached hydrogens (tertiary/aromatic N) is 1. The van der Waals surface area contributed by atoms with E-state index in [4.69, 9.17) is 15.4 Å². The highest BCUT2D eigenvalue weighted by Crippen LogP contribution is 2.33. The molecular formula is C13H14N2O2S. The van der Waals surface area contributed by atoms with Crippen molar-refractivity contribution in [3.8, 4) is 0 Å². The third-order valence-corrected chi connectivity index (χ3v) is 3.75. The minimum absolute atomic E-state index is 0.110. The summed E-state index contributed by atoms with van der Waals surface area (Å²) in [6.07, 6.45) is 1.65. The number of furan rings is 1. The van der Waals surface area contributed by atoms with Gasteiger partial charge in [0.15, 0.2) is 5.84 Å². The number of hydrogen-bond acceptors (Lipinski definition) is 4. The van der Waals surface area contributed by atoms with Gasteiger partial charge in [-0.3, -0.25) is 0 Å². The summed E-state index contributed by atoms with van der Waals surface area (Å²) in [5.41, 5.74) is 7.51. The topological polar surface area (TPSA) is 71.8 Å². The fourth-order valence-corrected chi connectivity index (χ4v) is 2.66. The van der Waals surface area contributed by atoms with Gasteiger partial charge in [-0.25, -0.2) is 0 Å². The zero-order valence-electron chi connectivity index (χ0n) is 10.2. The summed E-state index contributed by atoms with van der Waals surface area (Å²) >= 11 is 1.54. The molecule has 0 atom stereocenters. The van der Waals surface area contributed by atoms with E-state index in [0.29, 0.717) is 5.56 Å². The molecule has 0 aliphatic carbocycles. The number of aryl methyl sites for hydroxylation is 2. The highest BCUT2D eigenvalue weighted by atomic mass is 32.2. The van der Waals surface area contributed by atoms with Gasteiger partial charge >= 0.3 is 0 Å². The van der Waals surface area contributed by atoms with E-state index < -0.39 is 0 Å². The molecule has 0 aliphatic rings. The Hall–Kier alpha value is -1.88. The normalized spacial score (nSPS) is 11.8. The van der Waals surface area contributed by atoms with E-state index in [0.717, 1.165) is 21.1 Å². The molecule has 0 aliphatic heterocycles. The molecule has 0 spiro atoms. The highest BCUT2D eigenvalue weighted by molar-refractivity contribution is 7.99. The van der Waals surface area contributed by atoms with E-state index in [2.05, 4.69) is 5.16 Å². The number of amidine groups is 1. The average Bonchev–Trinajstić information content (AvgIpc) is 2.74. The summed E-state index contributed by atoms with van der Waals surface area (Å²) in [6, 6.07) is 7.69. The van der Waals surface area contributed by atoms with Crippen LogP contribution in [-0.2, 0) is 0 Å². The van der Waals surface area contributed by atoms with Crippen LogP contribution in [0.2, 0.25) is 0 Å². The van der Waals surface area contributed by atoms with Gasteiger partial charge in [0.05, 0.1) is 11.2 Å². The summed E-state index contributed by atoms with van der Waals surface area (Å²) in [5.74, 6) is 0.964. The van der Waals surface area contributed by atoms with Crippen LogP contribution < -0.4 is 5.73 Å². The molecule has 1 aromatic carbocycles. The predicted molar refractivity (Wildman–Crippen MR) is 71.3 cm³/mol. The fourth-order valence-electron chi connectivity index (χ4n) is 1.58. The molecule has 1 aromatic heterocycles. The molecule has 0 fully saturated rings. The molecular weight excluding hydrogens is 248 g/mol. The van der Waals surface area contributed by atoms with Crippen LogP contribution in [0.4, 0.5) is 0 Å². The maximum Gasteiger partial charge on any atom is 0.171 e. The first kappa shape index (κ1) is 12.6. The quantitative estimate of drug-likeness (QED) is 0.386.